The fourth-order valence-corrected chi connectivity index (χ4v) is 1.67. The van der Waals surface area contributed by atoms with Gasteiger partial charge in [-0.15, -0.1) is 0 Å². The van der Waals surface area contributed by atoms with Crippen molar-refractivity contribution in [3.05, 3.63) is 28.0 Å². The van der Waals surface area contributed by atoms with Gasteiger partial charge in [0, 0.05) is 6.54 Å². The molecule has 0 aliphatic carbocycles. The van der Waals surface area contributed by atoms with E-state index in [9.17, 15) is 13.6 Å². The second kappa shape index (κ2) is 6.61. The van der Waals surface area contributed by atoms with Crippen LogP contribution in [0.1, 0.15) is 30.3 Å². The monoisotopic (exact) mass is 278 g/mol. The summed E-state index contributed by atoms with van der Waals surface area (Å²) < 4.78 is 30.3. The van der Waals surface area contributed by atoms with E-state index in [1.54, 1.807) is 6.92 Å². The van der Waals surface area contributed by atoms with E-state index in [1.807, 2.05) is 0 Å². The summed E-state index contributed by atoms with van der Waals surface area (Å²) in [7, 11) is 0. The molecule has 0 spiro atoms. The van der Waals surface area contributed by atoms with E-state index in [0.29, 0.717) is 0 Å². The predicted molar refractivity (Wildman–Crippen MR) is 62.4 cm³/mol. The third-order valence-electron chi connectivity index (χ3n) is 2.20. The van der Waals surface area contributed by atoms with Gasteiger partial charge in [0.1, 0.15) is 5.69 Å². The van der Waals surface area contributed by atoms with Crippen LogP contribution < -0.4 is 5.73 Å². The first kappa shape index (κ1) is 14.8. The number of carbonyl (C=O) groups excluding carboxylic acids is 1. The first-order valence-electron chi connectivity index (χ1n) is 5.31. The molecule has 2 N–H and O–H groups in total. The summed E-state index contributed by atoms with van der Waals surface area (Å²) in [5, 5.41) is 0.168. The van der Waals surface area contributed by atoms with Crippen LogP contribution >= 0.6 is 11.6 Å². The minimum atomic E-state index is -2.79. The number of hydrogen-bond acceptors (Lipinski definition) is 4. The zero-order valence-corrected chi connectivity index (χ0v) is 10.5. The SMILES string of the molecule is CCOC(=O)Cc1cc(Cl)c(CN)nc1C(F)F. The fourth-order valence-electron chi connectivity index (χ4n) is 1.42. The average molecular weight is 279 g/mol. The quantitative estimate of drug-likeness (QED) is 0.839. The van der Waals surface area contributed by atoms with Gasteiger partial charge in [0.2, 0.25) is 0 Å². The van der Waals surface area contributed by atoms with Crippen LogP contribution in [-0.2, 0) is 22.5 Å². The third kappa shape index (κ3) is 3.61. The van der Waals surface area contributed by atoms with E-state index in [1.165, 1.54) is 6.07 Å². The van der Waals surface area contributed by atoms with Crippen molar-refractivity contribution in [1.29, 1.82) is 0 Å². The molecule has 0 radical (unpaired) electrons. The van der Waals surface area contributed by atoms with Crippen molar-refractivity contribution >= 4 is 17.6 Å². The highest BCUT2D eigenvalue weighted by Crippen LogP contribution is 2.26. The van der Waals surface area contributed by atoms with Gasteiger partial charge in [0.05, 0.1) is 23.7 Å². The molecule has 1 rings (SSSR count). The Morgan fingerprint density at radius 1 is 1.61 bits per heavy atom. The fraction of sp³-hybridized carbons (Fsp3) is 0.455. The van der Waals surface area contributed by atoms with Gasteiger partial charge in [-0.25, -0.2) is 13.8 Å². The molecule has 0 bridgehead atoms. The van der Waals surface area contributed by atoms with Crippen molar-refractivity contribution in [2.75, 3.05) is 6.61 Å². The standard InChI is InChI=1S/C11H13ClF2N2O2/c1-2-18-9(17)4-6-3-7(12)8(5-15)16-10(6)11(13)14/h3,11H,2,4-5,15H2,1H3. The number of ether oxygens (including phenoxy) is 1. The predicted octanol–water partition coefficient (Wildman–Crippen LogP) is 2.24. The van der Waals surface area contributed by atoms with E-state index < -0.39 is 18.1 Å². The molecular weight excluding hydrogens is 266 g/mol. The Morgan fingerprint density at radius 2 is 2.28 bits per heavy atom. The molecule has 1 aromatic heterocycles. The van der Waals surface area contributed by atoms with Crippen molar-refractivity contribution < 1.29 is 18.3 Å². The Bertz CT molecular complexity index is 441. The maximum atomic E-state index is 12.8. The number of alkyl halides is 2. The Hall–Kier alpha value is -1.27. The number of rotatable bonds is 5. The lowest BCUT2D eigenvalue weighted by molar-refractivity contribution is -0.142. The summed E-state index contributed by atoms with van der Waals surface area (Å²) in [4.78, 5) is 15.0. The summed E-state index contributed by atoms with van der Waals surface area (Å²) in [5.41, 5.74) is 5.10. The number of aromatic nitrogens is 1. The molecule has 0 fully saturated rings. The van der Waals surface area contributed by atoms with Gasteiger partial charge in [0.15, 0.2) is 0 Å². The molecule has 0 saturated carbocycles. The lowest BCUT2D eigenvalue weighted by Crippen LogP contribution is -2.12. The van der Waals surface area contributed by atoms with Crippen LogP contribution in [0, 0.1) is 0 Å². The molecule has 0 aromatic carbocycles. The van der Waals surface area contributed by atoms with E-state index in [-0.39, 0.29) is 35.9 Å². The molecule has 0 amide bonds. The average Bonchev–Trinajstić information content (AvgIpc) is 2.29. The zero-order chi connectivity index (χ0) is 13.7. The number of halogens is 3. The van der Waals surface area contributed by atoms with Crippen LogP contribution in [0.4, 0.5) is 8.78 Å². The number of esters is 1. The molecule has 1 heterocycles. The van der Waals surface area contributed by atoms with Crippen molar-refractivity contribution in [1.82, 2.24) is 4.98 Å². The molecule has 0 aliphatic heterocycles. The molecule has 1 aromatic rings. The first-order valence-corrected chi connectivity index (χ1v) is 5.69. The number of pyridine rings is 1. The van der Waals surface area contributed by atoms with Crippen molar-refractivity contribution in [2.45, 2.75) is 26.3 Å². The molecule has 0 aliphatic rings. The van der Waals surface area contributed by atoms with Crippen LogP contribution in [-0.4, -0.2) is 17.6 Å². The van der Waals surface area contributed by atoms with Gasteiger partial charge in [0.25, 0.3) is 6.43 Å². The molecule has 7 heteroatoms. The van der Waals surface area contributed by atoms with Gasteiger partial charge in [-0.3, -0.25) is 4.79 Å². The van der Waals surface area contributed by atoms with Gasteiger partial charge >= 0.3 is 5.97 Å². The Balaban J connectivity index is 3.09. The maximum absolute atomic E-state index is 12.8. The van der Waals surface area contributed by atoms with E-state index in [0.717, 1.165) is 0 Å². The van der Waals surface area contributed by atoms with Crippen molar-refractivity contribution in [3.63, 3.8) is 0 Å². The Kier molecular flexibility index (Phi) is 5.43. The number of nitrogens with two attached hydrogens (primary N) is 1. The molecule has 100 valence electrons. The van der Waals surface area contributed by atoms with Gasteiger partial charge in [-0.05, 0) is 18.6 Å². The summed E-state index contributed by atoms with van der Waals surface area (Å²) in [6.45, 7) is 1.78. The molecule has 4 nitrogen and oxygen atoms in total. The largest absolute Gasteiger partial charge is 0.466 e. The summed E-state index contributed by atoms with van der Waals surface area (Å²) >= 11 is 5.83. The van der Waals surface area contributed by atoms with Crippen LogP contribution in [0.15, 0.2) is 6.07 Å². The zero-order valence-electron chi connectivity index (χ0n) is 9.75. The lowest BCUT2D eigenvalue weighted by atomic mass is 10.1. The lowest BCUT2D eigenvalue weighted by Gasteiger charge is -2.11. The smallest absolute Gasteiger partial charge is 0.310 e. The van der Waals surface area contributed by atoms with Crippen LogP contribution in [0.2, 0.25) is 5.02 Å². The highest BCUT2D eigenvalue weighted by Gasteiger charge is 2.20. The minimum Gasteiger partial charge on any atom is -0.466 e. The minimum absolute atomic E-state index is 0.0434. The second-order valence-corrected chi connectivity index (χ2v) is 3.86. The van der Waals surface area contributed by atoms with Gasteiger partial charge in [-0.1, -0.05) is 11.6 Å². The molecular formula is C11H13ClF2N2O2. The van der Waals surface area contributed by atoms with Crippen molar-refractivity contribution in [3.8, 4) is 0 Å². The highest BCUT2D eigenvalue weighted by molar-refractivity contribution is 6.31. The van der Waals surface area contributed by atoms with Crippen LogP contribution in [0.3, 0.4) is 0 Å². The van der Waals surface area contributed by atoms with Crippen molar-refractivity contribution in [2.24, 2.45) is 5.73 Å². The molecule has 0 unspecified atom stereocenters. The summed E-state index contributed by atoms with van der Waals surface area (Å²) in [6, 6.07) is 1.29. The number of carbonyl (C=O) groups is 1. The third-order valence-corrected chi connectivity index (χ3v) is 2.53. The maximum Gasteiger partial charge on any atom is 0.310 e. The topological polar surface area (TPSA) is 65.2 Å². The van der Waals surface area contributed by atoms with E-state index in [4.69, 9.17) is 22.1 Å². The van der Waals surface area contributed by atoms with Gasteiger partial charge in [-0.2, -0.15) is 0 Å². The normalized spacial score (nSPS) is 10.8. The highest BCUT2D eigenvalue weighted by atomic mass is 35.5. The number of nitrogens with zero attached hydrogens (tertiary/aromatic N) is 1. The summed E-state index contributed by atoms with van der Waals surface area (Å²) in [5.74, 6) is -0.599. The molecule has 0 saturated heterocycles. The molecule has 18 heavy (non-hydrogen) atoms. The first-order chi connectivity index (χ1) is 8.49. The van der Waals surface area contributed by atoms with Crippen LogP contribution in [0.25, 0.3) is 0 Å². The second-order valence-electron chi connectivity index (χ2n) is 3.45. The summed E-state index contributed by atoms with van der Waals surface area (Å²) in [6.07, 6.45) is -3.08. The molecule has 0 atom stereocenters. The van der Waals surface area contributed by atoms with E-state index >= 15 is 0 Å². The Morgan fingerprint density at radius 3 is 2.78 bits per heavy atom. The van der Waals surface area contributed by atoms with Gasteiger partial charge < -0.3 is 10.5 Å². The number of hydrogen-bond donors (Lipinski definition) is 1. The Labute approximate surface area is 108 Å². The van der Waals surface area contributed by atoms with Crippen LogP contribution in [0.5, 0.6) is 0 Å². The van der Waals surface area contributed by atoms with E-state index in [2.05, 4.69) is 4.98 Å².